The van der Waals surface area contributed by atoms with Crippen molar-refractivity contribution in [3.63, 3.8) is 0 Å². The van der Waals surface area contributed by atoms with Gasteiger partial charge in [0.05, 0.1) is 12.7 Å². The van der Waals surface area contributed by atoms with Crippen LogP contribution in [0, 0.1) is 0 Å². The molecule has 1 heterocycles. The number of anilines is 1. The second kappa shape index (κ2) is 12.8. The summed E-state index contributed by atoms with van der Waals surface area (Å²) in [4.78, 5) is 30.5. The van der Waals surface area contributed by atoms with Gasteiger partial charge in [0.2, 0.25) is 0 Å². The molecular formula is C31H30F3N3O5. The molecule has 0 bridgehead atoms. The number of alkyl halides is 3. The third kappa shape index (κ3) is 7.09. The third-order valence-electron chi connectivity index (χ3n) is 6.07. The molecule has 0 aliphatic rings. The highest BCUT2D eigenvalue weighted by Gasteiger charge is 2.52. The van der Waals surface area contributed by atoms with Crippen LogP contribution in [0.4, 0.5) is 18.9 Å². The Morgan fingerprint density at radius 3 is 2.38 bits per heavy atom. The van der Waals surface area contributed by atoms with Crippen LogP contribution in [0.25, 0.3) is 10.8 Å². The van der Waals surface area contributed by atoms with E-state index in [2.05, 4.69) is 15.6 Å². The summed E-state index contributed by atoms with van der Waals surface area (Å²) in [6.07, 6.45) is -2.48. The highest BCUT2D eigenvalue weighted by Crippen LogP contribution is 2.38. The predicted octanol–water partition coefficient (Wildman–Crippen LogP) is 6.11. The van der Waals surface area contributed by atoms with Gasteiger partial charge in [-0.1, -0.05) is 36.4 Å². The summed E-state index contributed by atoms with van der Waals surface area (Å²) < 4.78 is 57.7. The molecule has 2 N–H and O–H groups in total. The number of esters is 1. The van der Waals surface area contributed by atoms with Crippen LogP contribution in [-0.4, -0.2) is 35.7 Å². The van der Waals surface area contributed by atoms with E-state index in [0.29, 0.717) is 16.7 Å². The lowest BCUT2D eigenvalue weighted by atomic mass is 9.99. The zero-order valence-corrected chi connectivity index (χ0v) is 23.2. The van der Waals surface area contributed by atoms with Crippen molar-refractivity contribution in [1.82, 2.24) is 10.3 Å². The highest BCUT2D eigenvalue weighted by molar-refractivity contribution is 5.93. The lowest BCUT2D eigenvalue weighted by Gasteiger charge is -2.34. The van der Waals surface area contributed by atoms with Gasteiger partial charge in [0.15, 0.2) is 11.5 Å². The predicted molar refractivity (Wildman–Crippen MR) is 151 cm³/mol. The SMILES string of the molecule is CCOc1cc(C(Nc2ccc3cnccc3c2)(OC(=O)C(F)(F)F)C(=O)NCc2ccccc2)ccc1OC(C)C. The number of hydrogen-bond donors (Lipinski definition) is 2. The molecule has 11 heteroatoms. The molecule has 4 rings (SSSR count). The van der Waals surface area contributed by atoms with Crippen molar-refractivity contribution in [3.8, 4) is 11.5 Å². The number of hydrogen-bond acceptors (Lipinski definition) is 7. The van der Waals surface area contributed by atoms with Crippen LogP contribution >= 0.6 is 0 Å². The minimum Gasteiger partial charge on any atom is -0.490 e. The van der Waals surface area contributed by atoms with E-state index in [4.69, 9.17) is 14.2 Å². The average Bonchev–Trinajstić information content (AvgIpc) is 2.96. The Labute approximate surface area is 240 Å². The molecule has 42 heavy (non-hydrogen) atoms. The standard InChI is InChI=1S/C31H30F3N3O5/c1-4-40-27-17-24(11-13-26(27)41-20(2)3)30(42-29(39)31(32,33)34,28(38)36-18-21-8-6-5-7-9-21)37-25-12-10-23-19-35-15-14-22(23)16-25/h5-17,19-20,37H,4,18H2,1-3H3,(H,36,38). The van der Waals surface area contributed by atoms with Gasteiger partial charge < -0.3 is 24.8 Å². The third-order valence-corrected chi connectivity index (χ3v) is 6.07. The monoisotopic (exact) mass is 581 g/mol. The largest absolute Gasteiger partial charge is 0.491 e. The number of fused-ring (bicyclic) bond motifs is 1. The van der Waals surface area contributed by atoms with Crippen LogP contribution in [0.2, 0.25) is 0 Å². The summed E-state index contributed by atoms with van der Waals surface area (Å²) in [7, 11) is 0. The smallest absolute Gasteiger partial charge is 0.490 e. The van der Waals surface area contributed by atoms with E-state index < -0.39 is 23.8 Å². The van der Waals surface area contributed by atoms with Gasteiger partial charge in [-0.25, -0.2) is 4.79 Å². The number of aromatic nitrogens is 1. The summed E-state index contributed by atoms with van der Waals surface area (Å²) in [6.45, 7) is 5.46. The van der Waals surface area contributed by atoms with Gasteiger partial charge in [-0.05, 0) is 68.1 Å². The van der Waals surface area contributed by atoms with Crippen molar-refractivity contribution in [1.29, 1.82) is 0 Å². The molecular weight excluding hydrogens is 551 g/mol. The number of carbonyl (C=O) groups is 2. The second-order valence-corrected chi connectivity index (χ2v) is 9.56. The van der Waals surface area contributed by atoms with Gasteiger partial charge >= 0.3 is 12.1 Å². The van der Waals surface area contributed by atoms with Crippen LogP contribution in [-0.2, 0) is 26.6 Å². The van der Waals surface area contributed by atoms with Gasteiger partial charge in [-0.3, -0.25) is 9.78 Å². The average molecular weight is 582 g/mol. The van der Waals surface area contributed by atoms with Crippen LogP contribution < -0.4 is 20.1 Å². The number of nitrogens with one attached hydrogen (secondary N) is 2. The zero-order chi connectivity index (χ0) is 30.3. The molecule has 0 saturated carbocycles. The van der Waals surface area contributed by atoms with Crippen molar-refractivity contribution >= 4 is 28.3 Å². The first-order valence-electron chi connectivity index (χ1n) is 13.2. The number of pyridine rings is 1. The lowest BCUT2D eigenvalue weighted by Crippen LogP contribution is -2.54. The Morgan fingerprint density at radius 1 is 0.929 bits per heavy atom. The molecule has 0 spiro atoms. The Bertz CT molecular complexity index is 1550. The van der Waals surface area contributed by atoms with Crippen LogP contribution in [0.5, 0.6) is 11.5 Å². The topological polar surface area (TPSA) is 98.8 Å². The number of rotatable bonds is 11. The van der Waals surface area contributed by atoms with Crippen molar-refractivity contribution in [2.45, 2.75) is 45.3 Å². The Kier molecular flexibility index (Phi) is 9.19. The minimum absolute atomic E-state index is 0.0527. The van der Waals surface area contributed by atoms with Crippen LogP contribution in [0.1, 0.15) is 31.9 Å². The molecule has 1 amide bonds. The molecule has 8 nitrogen and oxygen atoms in total. The summed E-state index contributed by atoms with van der Waals surface area (Å²) in [5.74, 6) is -3.15. The van der Waals surface area contributed by atoms with Crippen LogP contribution in [0.3, 0.4) is 0 Å². The molecule has 0 aliphatic heterocycles. The molecule has 1 atom stereocenters. The van der Waals surface area contributed by atoms with Crippen molar-refractivity contribution < 1.29 is 37.0 Å². The molecule has 0 fully saturated rings. The van der Waals surface area contributed by atoms with Gasteiger partial charge in [-0.2, -0.15) is 13.2 Å². The summed E-state index contributed by atoms with van der Waals surface area (Å²) in [6, 6.07) is 19.4. The maximum Gasteiger partial charge on any atom is 0.491 e. The van der Waals surface area contributed by atoms with E-state index in [9.17, 15) is 22.8 Å². The molecule has 220 valence electrons. The second-order valence-electron chi connectivity index (χ2n) is 9.56. The molecule has 0 saturated heterocycles. The lowest BCUT2D eigenvalue weighted by molar-refractivity contribution is -0.213. The maximum absolute atomic E-state index is 14.0. The van der Waals surface area contributed by atoms with E-state index in [1.807, 2.05) is 0 Å². The van der Waals surface area contributed by atoms with Crippen molar-refractivity contribution in [2.24, 2.45) is 0 Å². The van der Waals surface area contributed by atoms with Crippen LogP contribution in [0.15, 0.2) is 85.2 Å². The van der Waals surface area contributed by atoms with E-state index in [0.717, 1.165) is 5.39 Å². The Balaban J connectivity index is 1.88. The Morgan fingerprint density at radius 2 is 1.69 bits per heavy atom. The first-order valence-corrected chi connectivity index (χ1v) is 13.2. The number of benzene rings is 3. The quantitative estimate of drug-likeness (QED) is 0.163. The molecule has 0 aliphatic carbocycles. The van der Waals surface area contributed by atoms with E-state index >= 15 is 0 Å². The first kappa shape index (κ1) is 30.2. The van der Waals surface area contributed by atoms with Gasteiger partial charge in [-0.15, -0.1) is 0 Å². The fraction of sp³-hybridized carbons (Fsp3) is 0.258. The summed E-state index contributed by atoms with van der Waals surface area (Å²) in [5.41, 5.74) is -1.92. The fourth-order valence-corrected chi connectivity index (χ4v) is 4.20. The van der Waals surface area contributed by atoms with Gasteiger partial charge in [0.25, 0.3) is 11.6 Å². The maximum atomic E-state index is 14.0. The normalized spacial score (nSPS) is 12.8. The van der Waals surface area contributed by atoms with Gasteiger partial charge in [0.1, 0.15) is 0 Å². The number of amides is 1. The molecule has 4 aromatic rings. The zero-order valence-electron chi connectivity index (χ0n) is 23.2. The van der Waals surface area contributed by atoms with Crippen molar-refractivity contribution in [2.75, 3.05) is 11.9 Å². The number of ether oxygens (including phenoxy) is 3. The number of nitrogens with zero attached hydrogens (tertiary/aromatic N) is 1. The number of carbonyl (C=O) groups excluding carboxylic acids is 2. The highest BCUT2D eigenvalue weighted by atomic mass is 19.4. The van der Waals surface area contributed by atoms with E-state index in [-0.39, 0.29) is 36.3 Å². The molecule has 1 unspecified atom stereocenters. The molecule has 3 aromatic carbocycles. The number of halogens is 3. The van der Waals surface area contributed by atoms with E-state index in [1.165, 1.54) is 18.2 Å². The molecule has 1 aromatic heterocycles. The molecule has 0 radical (unpaired) electrons. The van der Waals surface area contributed by atoms with E-state index in [1.54, 1.807) is 87.8 Å². The summed E-state index contributed by atoms with van der Waals surface area (Å²) in [5, 5.41) is 6.86. The van der Waals surface area contributed by atoms with Gasteiger partial charge in [0, 0.05) is 35.6 Å². The minimum atomic E-state index is -5.40. The first-order chi connectivity index (χ1) is 20.0. The fourth-order valence-electron chi connectivity index (χ4n) is 4.20. The van der Waals surface area contributed by atoms with Crippen molar-refractivity contribution in [3.05, 3.63) is 96.3 Å². The summed E-state index contributed by atoms with van der Waals surface area (Å²) >= 11 is 0. The Hall–Kier alpha value is -4.80.